The smallest absolute Gasteiger partial charge is 0.0492 e. The van der Waals surface area contributed by atoms with E-state index in [1.807, 2.05) is 17.9 Å². The van der Waals surface area contributed by atoms with Crippen molar-refractivity contribution >= 4 is 0 Å². The minimum absolute atomic E-state index is 0.431. The molecule has 1 saturated carbocycles. The van der Waals surface area contributed by atoms with Crippen LogP contribution in [0, 0.1) is 17.3 Å². The van der Waals surface area contributed by atoms with Crippen LogP contribution in [0.5, 0.6) is 0 Å². The van der Waals surface area contributed by atoms with Gasteiger partial charge in [0.05, 0.1) is 0 Å². The Morgan fingerprint density at radius 1 is 1.33 bits per heavy atom. The summed E-state index contributed by atoms with van der Waals surface area (Å²) in [5.74, 6) is 7.42. The number of hydrogen-bond donors (Lipinski definition) is 2. The van der Waals surface area contributed by atoms with E-state index in [2.05, 4.69) is 37.4 Å². The first-order valence-corrected chi connectivity index (χ1v) is 8.35. The lowest BCUT2D eigenvalue weighted by Gasteiger charge is -2.39. The van der Waals surface area contributed by atoms with Gasteiger partial charge in [0.25, 0.3) is 0 Å². The molecule has 0 radical (unpaired) electrons. The van der Waals surface area contributed by atoms with E-state index in [4.69, 9.17) is 5.84 Å². The van der Waals surface area contributed by atoms with Gasteiger partial charge in [-0.1, -0.05) is 20.8 Å². The number of aryl methyl sites for hydroxylation is 2. The molecule has 0 bridgehead atoms. The molecule has 2 rings (SSSR count). The molecule has 0 aromatic carbocycles. The lowest BCUT2D eigenvalue weighted by Crippen LogP contribution is -2.43. The molecule has 4 nitrogen and oxygen atoms in total. The fraction of sp³-hybridized carbons (Fsp3) is 0.824. The van der Waals surface area contributed by atoms with E-state index in [9.17, 15) is 0 Å². The number of rotatable bonds is 5. The van der Waals surface area contributed by atoms with Gasteiger partial charge in [-0.25, -0.2) is 0 Å². The first-order valence-electron chi connectivity index (χ1n) is 8.35. The summed E-state index contributed by atoms with van der Waals surface area (Å²) in [5, 5.41) is 4.23. The van der Waals surface area contributed by atoms with Crippen molar-refractivity contribution in [1.82, 2.24) is 15.2 Å². The molecule has 21 heavy (non-hydrogen) atoms. The Bertz CT molecular complexity index is 424. The van der Waals surface area contributed by atoms with E-state index >= 15 is 0 Å². The van der Waals surface area contributed by atoms with Crippen molar-refractivity contribution in [1.29, 1.82) is 0 Å². The van der Waals surface area contributed by atoms with E-state index in [0.29, 0.717) is 11.5 Å². The second-order valence-electron chi connectivity index (χ2n) is 7.74. The number of nitrogens with one attached hydrogen (secondary N) is 1. The fourth-order valence-electron chi connectivity index (χ4n) is 3.79. The molecule has 0 saturated heterocycles. The predicted octanol–water partition coefficient (Wildman–Crippen LogP) is 3.04. The zero-order valence-corrected chi connectivity index (χ0v) is 14.1. The van der Waals surface area contributed by atoms with Crippen LogP contribution in [0.1, 0.15) is 58.6 Å². The lowest BCUT2D eigenvalue weighted by molar-refractivity contribution is 0.130. The van der Waals surface area contributed by atoms with Gasteiger partial charge in [-0.3, -0.25) is 16.0 Å². The average molecular weight is 292 g/mol. The van der Waals surface area contributed by atoms with Crippen LogP contribution < -0.4 is 11.3 Å². The molecular weight excluding hydrogens is 260 g/mol. The molecule has 1 aromatic rings. The van der Waals surface area contributed by atoms with Crippen molar-refractivity contribution in [3.8, 4) is 0 Å². The van der Waals surface area contributed by atoms with Crippen LogP contribution >= 0.6 is 0 Å². The highest BCUT2D eigenvalue weighted by atomic mass is 15.3. The highest BCUT2D eigenvalue weighted by Crippen LogP contribution is 2.41. The van der Waals surface area contributed by atoms with E-state index in [-0.39, 0.29) is 0 Å². The molecule has 0 aliphatic heterocycles. The fourth-order valence-corrected chi connectivity index (χ4v) is 3.79. The molecule has 1 fully saturated rings. The Morgan fingerprint density at radius 2 is 2.00 bits per heavy atom. The van der Waals surface area contributed by atoms with Crippen LogP contribution in [-0.2, 0) is 13.5 Å². The van der Waals surface area contributed by atoms with Crippen molar-refractivity contribution < 1.29 is 0 Å². The van der Waals surface area contributed by atoms with Crippen LogP contribution in [0.25, 0.3) is 0 Å². The number of hydrazine groups is 1. The van der Waals surface area contributed by atoms with E-state index in [1.165, 1.54) is 31.4 Å². The van der Waals surface area contributed by atoms with Gasteiger partial charge in [-0.15, -0.1) is 0 Å². The van der Waals surface area contributed by atoms with Crippen LogP contribution in [0.2, 0.25) is 0 Å². The average Bonchev–Trinajstić information content (AvgIpc) is 2.85. The number of nitrogens with two attached hydrogens (primary N) is 1. The van der Waals surface area contributed by atoms with Gasteiger partial charge in [-0.05, 0) is 61.8 Å². The van der Waals surface area contributed by atoms with Crippen molar-refractivity contribution in [3.63, 3.8) is 0 Å². The maximum atomic E-state index is 5.83. The normalized spacial score (nSPS) is 25.0. The first-order chi connectivity index (χ1) is 9.91. The van der Waals surface area contributed by atoms with Gasteiger partial charge in [0, 0.05) is 25.0 Å². The van der Waals surface area contributed by atoms with Crippen molar-refractivity contribution in [3.05, 3.63) is 18.0 Å². The largest absolute Gasteiger partial charge is 0.273 e. The standard InChI is InChI=1S/C17H32N4/c1-17(2,3)14-7-5-13(6-8-14)16(20-18)10-9-15-11-12-19-21(15)4/h11-14,16,20H,5-10,18H2,1-4H3. The van der Waals surface area contributed by atoms with Gasteiger partial charge < -0.3 is 0 Å². The summed E-state index contributed by atoms with van der Waals surface area (Å²) >= 11 is 0. The third kappa shape index (κ3) is 4.30. The van der Waals surface area contributed by atoms with Gasteiger partial charge in [0.15, 0.2) is 0 Å². The van der Waals surface area contributed by atoms with Gasteiger partial charge >= 0.3 is 0 Å². The van der Waals surface area contributed by atoms with Crippen molar-refractivity contribution in [2.45, 2.75) is 65.3 Å². The molecule has 0 amide bonds. The summed E-state index contributed by atoms with van der Waals surface area (Å²) in [6.45, 7) is 7.12. The Kier molecular flexibility index (Phi) is 5.44. The van der Waals surface area contributed by atoms with Crippen molar-refractivity contribution in [2.75, 3.05) is 0 Å². The number of hydrogen-bond acceptors (Lipinski definition) is 3. The monoisotopic (exact) mass is 292 g/mol. The minimum Gasteiger partial charge on any atom is -0.273 e. The molecule has 1 aliphatic rings. The Balaban J connectivity index is 1.84. The highest BCUT2D eigenvalue weighted by Gasteiger charge is 2.32. The van der Waals surface area contributed by atoms with E-state index in [0.717, 1.165) is 24.7 Å². The van der Waals surface area contributed by atoms with Crippen LogP contribution in [0.3, 0.4) is 0 Å². The zero-order chi connectivity index (χ0) is 15.5. The number of nitrogens with zero attached hydrogens (tertiary/aromatic N) is 2. The van der Waals surface area contributed by atoms with Crippen LogP contribution in [-0.4, -0.2) is 15.8 Å². The minimum atomic E-state index is 0.431. The lowest BCUT2D eigenvalue weighted by atomic mass is 9.68. The molecule has 3 N–H and O–H groups in total. The molecule has 1 atom stereocenters. The zero-order valence-electron chi connectivity index (χ0n) is 14.1. The Labute approximate surface area is 129 Å². The van der Waals surface area contributed by atoms with E-state index in [1.54, 1.807) is 0 Å². The maximum Gasteiger partial charge on any atom is 0.0492 e. The van der Waals surface area contributed by atoms with Gasteiger partial charge in [0.2, 0.25) is 0 Å². The summed E-state index contributed by atoms with van der Waals surface area (Å²) in [6, 6.07) is 2.53. The highest BCUT2D eigenvalue weighted by molar-refractivity contribution is 5.00. The van der Waals surface area contributed by atoms with Gasteiger partial charge in [0.1, 0.15) is 0 Å². The predicted molar refractivity (Wildman–Crippen MR) is 87.5 cm³/mol. The number of aromatic nitrogens is 2. The first kappa shape index (κ1) is 16.5. The molecular formula is C17H32N4. The second kappa shape index (κ2) is 6.93. The van der Waals surface area contributed by atoms with Crippen LogP contribution in [0.15, 0.2) is 12.3 Å². The molecule has 4 heteroatoms. The Hall–Kier alpha value is -0.870. The summed E-state index contributed by atoms with van der Waals surface area (Å²) in [4.78, 5) is 0. The van der Waals surface area contributed by atoms with Crippen LogP contribution in [0.4, 0.5) is 0 Å². The summed E-state index contributed by atoms with van der Waals surface area (Å²) < 4.78 is 1.96. The SMILES string of the molecule is Cn1nccc1CCC(NN)C1CCC(C(C)(C)C)CC1. The van der Waals surface area contributed by atoms with Gasteiger partial charge in [-0.2, -0.15) is 5.10 Å². The third-order valence-electron chi connectivity index (χ3n) is 5.41. The second-order valence-corrected chi connectivity index (χ2v) is 7.74. The summed E-state index contributed by atoms with van der Waals surface area (Å²) in [6.07, 6.45) is 9.32. The molecule has 1 heterocycles. The third-order valence-corrected chi connectivity index (χ3v) is 5.41. The van der Waals surface area contributed by atoms with Crippen molar-refractivity contribution in [2.24, 2.45) is 30.1 Å². The molecule has 0 spiro atoms. The summed E-state index contributed by atoms with van der Waals surface area (Å²) in [5.41, 5.74) is 4.82. The topological polar surface area (TPSA) is 55.9 Å². The summed E-state index contributed by atoms with van der Waals surface area (Å²) in [7, 11) is 2.01. The molecule has 1 unspecified atom stereocenters. The molecule has 1 aromatic heterocycles. The molecule has 1 aliphatic carbocycles. The maximum absolute atomic E-state index is 5.83. The van der Waals surface area contributed by atoms with E-state index < -0.39 is 0 Å². The Morgan fingerprint density at radius 3 is 2.48 bits per heavy atom. The quantitative estimate of drug-likeness (QED) is 0.648. The molecule has 120 valence electrons.